The molecule has 0 fully saturated rings. The van der Waals surface area contributed by atoms with Crippen molar-refractivity contribution in [2.75, 3.05) is 6.61 Å². The zero-order valence-electron chi connectivity index (χ0n) is 10.6. The fraction of sp³-hybridized carbons (Fsp3) is 0.857. The fourth-order valence-electron chi connectivity index (χ4n) is 1.55. The van der Waals surface area contributed by atoms with Crippen LogP contribution >= 0.6 is 0 Å². The first-order chi connectivity index (χ1) is 7.41. The third-order valence-electron chi connectivity index (χ3n) is 2.54. The molecule has 0 bridgehead atoms. The molecule has 0 aliphatic rings. The molecule has 90 valence electrons. The van der Waals surface area contributed by atoms with Gasteiger partial charge in [0, 0.05) is 0 Å². The van der Waals surface area contributed by atoms with E-state index in [1.165, 1.54) is 51.4 Å². The molecule has 0 atom stereocenters. The van der Waals surface area contributed by atoms with E-state index >= 15 is 0 Å². The van der Waals surface area contributed by atoms with E-state index in [-0.39, 0.29) is 0 Å². The lowest BCUT2D eigenvalue weighted by atomic mass is 10.1. The molecule has 0 rings (SSSR count). The van der Waals surface area contributed by atoms with Crippen LogP contribution in [0.5, 0.6) is 0 Å². The van der Waals surface area contributed by atoms with Crippen molar-refractivity contribution in [3.63, 3.8) is 0 Å². The van der Waals surface area contributed by atoms with Crippen molar-refractivity contribution in [3.05, 3.63) is 12.3 Å². The minimum absolute atomic E-state index is 0.894. The Morgan fingerprint density at radius 3 is 2.00 bits per heavy atom. The van der Waals surface area contributed by atoms with E-state index in [0.29, 0.717) is 0 Å². The molecule has 0 aliphatic heterocycles. The van der Waals surface area contributed by atoms with E-state index in [1.807, 2.05) is 6.26 Å². The van der Waals surface area contributed by atoms with E-state index in [4.69, 9.17) is 4.74 Å². The lowest BCUT2D eigenvalue weighted by Crippen LogP contribution is -1.88. The summed E-state index contributed by atoms with van der Waals surface area (Å²) in [5.41, 5.74) is 0. The highest BCUT2D eigenvalue weighted by molar-refractivity contribution is 4.70. The second-order valence-electron chi connectivity index (χ2n) is 4.13. The third kappa shape index (κ3) is 13.5. The number of rotatable bonds is 11. The van der Waals surface area contributed by atoms with Gasteiger partial charge in [0.15, 0.2) is 0 Å². The molecule has 0 saturated heterocycles. The second-order valence-corrected chi connectivity index (χ2v) is 4.13. The predicted molar refractivity (Wildman–Crippen MR) is 68.0 cm³/mol. The molecule has 0 aromatic heterocycles. The topological polar surface area (TPSA) is 9.23 Å². The Kier molecular flexibility index (Phi) is 13.1. The van der Waals surface area contributed by atoms with Crippen LogP contribution in [0.3, 0.4) is 0 Å². The highest BCUT2D eigenvalue weighted by Gasteiger charge is 1.90. The van der Waals surface area contributed by atoms with Crippen molar-refractivity contribution < 1.29 is 4.74 Å². The molecule has 0 amide bonds. The molecule has 0 heterocycles. The maximum absolute atomic E-state index is 5.34. The van der Waals surface area contributed by atoms with Crippen LogP contribution in [0.4, 0.5) is 0 Å². The normalized spacial score (nSPS) is 11.1. The summed E-state index contributed by atoms with van der Waals surface area (Å²) in [5, 5.41) is 0. The van der Waals surface area contributed by atoms with Gasteiger partial charge in [0.2, 0.25) is 0 Å². The summed E-state index contributed by atoms with van der Waals surface area (Å²) < 4.78 is 5.34. The molecule has 0 N–H and O–H groups in total. The SMILES string of the molecule is CCC=COCCCCCCCCCC. The molecule has 0 radical (unpaired) electrons. The number of ether oxygens (including phenoxy) is 1. The Balaban J connectivity index is 2.89. The van der Waals surface area contributed by atoms with Crippen LogP contribution < -0.4 is 0 Å². The molecule has 15 heavy (non-hydrogen) atoms. The van der Waals surface area contributed by atoms with E-state index in [1.54, 1.807) is 0 Å². The Labute approximate surface area is 95.9 Å². The highest BCUT2D eigenvalue weighted by Crippen LogP contribution is 2.08. The summed E-state index contributed by atoms with van der Waals surface area (Å²) in [6.07, 6.45) is 15.9. The predicted octanol–water partition coefficient (Wildman–Crippen LogP) is 5.07. The van der Waals surface area contributed by atoms with Crippen molar-refractivity contribution in [1.29, 1.82) is 0 Å². The van der Waals surface area contributed by atoms with Crippen molar-refractivity contribution in [2.24, 2.45) is 0 Å². The molecule has 0 aliphatic carbocycles. The first kappa shape index (κ1) is 14.5. The summed E-state index contributed by atoms with van der Waals surface area (Å²) >= 11 is 0. The Hall–Kier alpha value is -0.460. The standard InChI is InChI=1S/C14H28O/c1-3-5-7-8-9-10-11-12-14-15-13-6-4-2/h6,13H,3-5,7-12,14H2,1-2H3. The zero-order chi connectivity index (χ0) is 11.2. The molecule has 0 saturated carbocycles. The minimum atomic E-state index is 0.894. The zero-order valence-corrected chi connectivity index (χ0v) is 10.6. The lowest BCUT2D eigenvalue weighted by Gasteiger charge is -2.01. The lowest BCUT2D eigenvalue weighted by molar-refractivity contribution is 0.239. The number of hydrogen-bond donors (Lipinski definition) is 0. The summed E-state index contributed by atoms with van der Waals surface area (Å²) in [6.45, 7) is 5.28. The first-order valence-corrected chi connectivity index (χ1v) is 6.68. The Morgan fingerprint density at radius 1 is 0.800 bits per heavy atom. The summed E-state index contributed by atoms with van der Waals surface area (Å²) in [4.78, 5) is 0. The van der Waals surface area contributed by atoms with Gasteiger partial charge >= 0.3 is 0 Å². The average molecular weight is 212 g/mol. The third-order valence-corrected chi connectivity index (χ3v) is 2.54. The smallest absolute Gasteiger partial charge is 0.0873 e. The van der Waals surface area contributed by atoms with Crippen LogP contribution in [-0.4, -0.2) is 6.61 Å². The van der Waals surface area contributed by atoms with Gasteiger partial charge in [-0.3, -0.25) is 0 Å². The first-order valence-electron chi connectivity index (χ1n) is 6.68. The van der Waals surface area contributed by atoms with Crippen LogP contribution in [0.15, 0.2) is 12.3 Å². The van der Waals surface area contributed by atoms with Gasteiger partial charge in [0.05, 0.1) is 12.9 Å². The Bertz CT molecular complexity index is 129. The van der Waals surface area contributed by atoms with Crippen LogP contribution in [0.1, 0.15) is 71.6 Å². The van der Waals surface area contributed by atoms with E-state index < -0.39 is 0 Å². The maximum Gasteiger partial charge on any atom is 0.0873 e. The van der Waals surface area contributed by atoms with Gasteiger partial charge in [0.25, 0.3) is 0 Å². The van der Waals surface area contributed by atoms with Crippen molar-refractivity contribution in [1.82, 2.24) is 0 Å². The molecule has 1 nitrogen and oxygen atoms in total. The maximum atomic E-state index is 5.34. The average Bonchev–Trinajstić information content (AvgIpc) is 2.26. The Morgan fingerprint density at radius 2 is 1.40 bits per heavy atom. The van der Waals surface area contributed by atoms with Gasteiger partial charge in [-0.1, -0.05) is 64.9 Å². The van der Waals surface area contributed by atoms with E-state index in [2.05, 4.69) is 19.9 Å². The van der Waals surface area contributed by atoms with Crippen molar-refractivity contribution in [2.45, 2.75) is 71.6 Å². The van der Waals surface area contributed by atoms with Gasteiger partial charge in [-0.2, -0.15) is 0 Å². The largest absolute Gasteiger partial charge is 0.502 e. The second kappa shape index (κ2) is 13.5. The van der Waals surface area contributed by atoms with Crippen molar-refractivity contribution in [3.8, 4) is 0 Å². The number of hydrogen-bond acceptors (Lipinski definition) is 1. The monoisotopic (exact) mass is 212 g/mol. The molecule has 0 spiro atoms. The van der Waals surface area contributed by atoms with Crippen LogP contribution in [-0.2, 0) is 4.74 Å². The highest BCUT2D eigenvalue weighted by atomic mass is 16.5. The molecule has 0 unspecified atom stereocenters. The van der Waals surface area contributed by atoms with Gasteiger partial charge < -0.3 is 4.74 Å². The molecular weight excluding hydrogens is 184 g/mol. The number of unbranched alkanes of at least 4 members (excludes halogenated alkanes) is 7. The number of allylic oxidation sites excluding steroid dienone is 1. The quantitative estimate of drug-likeness (QED) is 0.343. The minimum Gasteiger partial charge on any atom is -0.502 e. The van der Waals surface area contributed by atoms with Gasteiger partial charge in [0.1, 0.15) is 0 Å². The van der Waals surface area contributed by atoms with Crippen LogP contribution in [0.25, 0.3) is 0 Å². The fourth-order valence-corrected chi connectivity index (χ4v) is 1.55. The summed E-state index contributed by atoms with van der Waals surface area (Å²) in [5.74, 6) is 0. The summed E-state index contributed by atoms with van der Waals surface area (Å²) in [7, 11) is 0. The summed E-state index contributed by atoms with van der Waals surface area (Å²) in [6, 6.07) is 0. The molecule has 0 aromatic carbocycles. The molecular formula is C14H28O. The molecule has 1 heteroatoms. The van der Waals surface area contributed by atoms with Gasteiger partial charge in [-0.15, -0.1) is 0 Å². The molecule has 0 aromatic rings. The van der Waals surface area contributed by atoms with Crippen LogP contribution in [0, 0.1) is 0 Å². The van der Waals surface area contributed by atoms with E-state index in [0.717, 1.165) is 13.0 Å². The van der Waals surface area contributed by atoms with Gasteiger partial charge in [-0.25, -0.2) is 0 Å². The van der Waals surface area contributed by atoms with Gasteiger partial charge in [-0.05, 0) is 12.8 Å². The van der Waals surface area contributed by atoms with Crippen molar-refractivity contribution >= 4 is 0 Å². The van der Waals surface area contributed by atoms with E-state index in [9.17, 15) is 0 Å². The van der Waals surface area contributed by atoms with Crippen LogP contribution in [0.2, 0.25) is 0 Å².